The Kier molecular flexibility index (Phi) is 3.55. The first-order valence-corrected chi connectivity index (χ1v) is 6.77. The van der Waals surface area contributed by atoms with Crippen molar-refractivity contribution in [3.8, 4) is 28.1 Å². The van der Waals surface area contributed by atoms with Crippen LogP contribution in [0.1, 0.15) is 6.92 Å². The second kappa shape index (κ2) is 5.66. The van der Waals surface area contributed by atoms with E-state index in [1.54, 1.807) is 12.4 Å². The number of ether oxygens (including phenoxy) is 1. The number of nitrogen functional groups attached to an aromatic ring is 1. The summed E-state index contributed by atoms with van der Waals surface area (Å²) in [5.41, 5.74) is 9.66. The summed E-state index contributed by atoms with van der Waals surface area (Å²) in [5, 5.41) is 7.16. The van der Waals surface area contributed by atoms with Gasteiger partial charge in [-0.1, -0.05) is 12.1 Å². The molecule has 5 nitrogen and oxygen atoms in total. The zero-order valence-corrected chi connectivity index (χ0v) is 11.7. The highest BCUT2D eigenvalue weighted by Crippen LogP contribution is 2.38. The predicted octanol–water partition coefficient (Wildman–Crippen LogP) is 3.12. The smallest absolute Gasteiger partial charge is 0.153 e. The first-order chi connectivity index (χ1) is 10.3. The van der Waals surface area contributed by atoms with Gasteiger partial charge in [0.25, 0.3) is 0 Å². The first kappa shape index (κ1) is 13.2. The third kappa shape index (κ3) is 2.45. The number of hydrogen-bond acceptors (Lipinski definition) is 4. The molecule has 3 aromatic rings. The summed E-state index contributed by atoms with van der Waals surface area (Å²) in [6, 6.07) is 11.7. The Hall–Kier alpha value is -2.82. The maximum absolute atomic E-state index is 6.03. The molecule has 0 atom stereocenters. The molecule has 106 valence electrons. The van der Waals surface area contributed by atoms with E-state index in [0.717, 1.165) is 28.1 Å². The predicted molar refractivity (Wildman–Crippen MR) is 82.8 cm³/mol. The lowest BCUT2D eigenvalue weighted by molar-refractivity contribution is 0.341. The molecular formula is C16H16N4O. The standard InChI is InChI=1S/C16H16N4O/c1-2-21-13-6-4-3-5-12(13)15-14(16(17)20-19-15)11-7-9-18-10-8-11/h3-10H,2H2,1H3,(H3,17,19,20). The minimum atomic E-state index is 0.461. The minimum Gasteiger partial charge on any atom is -0.493 e. The molecular weight excluding hydrogens is 264 g/mol. The van der Waals surface area contributed by atoms with Crippen molar-refractivity contribution >= 4 is 5.82 Å². The van der Waals surface area contributed by atoms with E-state index in [1.807, 2.05) is 43.3 Å². The molecule has 0 radical (unpaired) electrons. The quantitative estimate of drug-likeness (QED) is 0.769. The van der Waals surface area contributed by atoms with Gasteiger partial charge in [-0.2, -0.15) is 5.10 Å². The van der Waals surface area contributed by atoms with Crippen LogP contribution < -0.4 is 10.5 Å². The van der Waals surface area contributed by atoms with E-state index in [4.69, 9.17) is 10.5 Å². The van der Waals surface area contributed by atoms with Gasteiger partial charge < -0.3 is 10.5 Å². The van der Waals surface area contributed by atoms with Crippen molar-refractivity contribution in [1.82, 2.24) is 15.2 Å². The topological polar surface area (TPSA) is 76.8 Å². The zero-order valence-electron chi connectivity index (χ0n) is 11.7. The number of para-hydroxylation sites is 1. The summed E-state index contributed by atoms with van der Waals surface area (Å²) in [6.45, 7) is 2.56. The van der Waals surface area contributed by atoms with Crippen LogP contribution in [0.2, 0.25) is 0 Å². The summed E-state index contributed by atoms with van der Waals surface area (Å²) in [4.78, 5) is 4.04. The van der Waals surface area contributed by atoms with Gasteiger partial charge >= 0.3 is 0 Å². The Balaban J connectivity index is 2.17. The van der Waals surface area contributed by atoms with Gasteiger partial charge in [-0.3, -0.25) is 10.1 Å². The molecule has 0 saturated heterocycles. The van der Waals surface area contributed by atoms with E-state index in [2.05, 4.69) is 15.2 Å². The van der Waals surface area contributed by atoms with Crippen molar-refractivity contribution in [1.29, 1.82) is 0 Å². The van der Waals surface area contributed by atoms with Crippen LogP contribution in [0.15, 0.2) is 48.8 Å². The van der Waals surface area contributed by atoms with Crippen LogP contribution in [0.3, 0.4) is 0 Å². The zero-order chi connectivity index (χ0) is 14.7. The molecule has 0 unspecified atom stereocenters. The van der Waals surface area contributed by atoms with Crippen molar-refractivity contribution in [2.45, 2.75) is 6.92 Å². The maximum Gasteiger partial charge on any atom is 0.153 e. The fourth-order valence-electron chi connectivity index (χ4n) is 2.32. The van der Waals surface area contributed by atoms with E-state index in [1.165, 1.54) is 0 Å². The lowest BCUT2D eigenvalue weighted by Crippen LogP contribution is -1.95. The fourth-order valence-corrected chi connectivity index (χ4v) is 2.32. The number of aromatic nitrogens is 3. The van der Waals surface area contributed by atoms with E-state index >= 15 is 0 Å². The Labute approximate surface area is 122 Å². The third-order valence-corrected chi connectivity index (χ3v) is 3.22. The Bertz CT molecular complexity index is 737. The summed E-state index contributed by atoms with van der Waals surface area (Å²) in [7, 11) is 0. The molecule has 0 spiro atoms. The molecule has 1 aromatic carbocycles. The number of pyridine rings is 1. The largest absolute Gasteiger partial charge is 0.493 e. The second-order valence-electron chi connectivity index (χ2n) is 4.52. The molecule has 2 aromatic heterocycles. The highest BCUT2D eigenvalue weighted by atomic mass is 16.5. The number of hydrogen-bond donors (Lipinski definition) is 2. The Morgan fingerprint density at radius 2 is 1.90 bits per heavy atom. The number of nitrogens with two attached hydrogens (primary N) is 1. The van der Waals surface area contributed by atoms with E-state index in [9.17, 15) is 0 Å². The van der Waals surface area contributed by atoms with Crippen molar-refractivity contribution < 1.29 is 4.74 Å². The SMILES string of the molecule is CCOc1ccccc1-c1[nH]nc(N)c1-c1ccncc1. The molecule has 3 N–H and O–H groups in total. The molecule has 2 heterocycles. The van der Waals surface area contributed by atoms with Crippen molar-refractivity contribution in [3.05, 3.63) is 48.8 Å². The van der Waals surface area contributed by atoms with E-state index in [-0.39, 0.29) is 0 Å². The molecule has 0 aliphatic heterocycles. The average molecular weight is 280 g/mol. The summed E-state index contributed by atoms with van der Waals surface area (Å²) in [5.74, 6) is 1.27. The van der Waals surface area contributed by atoms with Crippen LogP contribution in [0.25, 0.3) is 22.4 Å². The first-order valence-electron chi connectivity index (χ1n) is 6.77. The highest BCUT2D eigenvalue weighted by molar-refractivity contribution is 5.89. The fraction of sp³-hybridized carbons (Fsp3) is 0.125. The van der Waals surface area contributed by atoms with Gasteiger partial charge in [-0.25, -0.2) is 0 Å². The number of nitrogens with one attached hydrogen (secondary N) is 1. The average Bonchev–Trinajstić information content (AvgIpc) is 2.91. The maximum atomic E-state index is 6.03. The number of anilines is 1. The van der Waals surface area contributed by atoms with E-state index < -0.39 is 0 Å². The third-order valence-electron chi connectivity index (χ3n) is 3.22. The number of rotatable bonds is 4. The van der Waals surface area contributed by atoms with Crippen molar-refractivity contribution in [2.75, 3.05) is 12.3 Å². The van der Waals surface area contributed by atoms with E-state index in [0.29, 0.717) is 12.4 Å². The summed E-state index contributed by atoms with van der Waals surface area (Å²) < 4.78 is 5.69. The monoisotopic (exact) mass is 280 g/mol. The molecule has 5 heteroatoms. The lowest BCUT2D eigenvalue weighted by Gasteiger charge is -2.10. The van der Waals surface area contributed by atoms with Crippen molar-refractivity contribution in [2.24, 2.45) is 0 Å². The Morgan fingerprint density at radius 1 is 1.14 bits per heavy atom. The number of H-pyrrole nitrogens is 1. The van der Waals surface area contributed by atoms with Crippen LogP contribution in [-0.4, -0.2) is 21.8 Å². The second-order valence-corrected chi connectivity index (χ2v) is 4.52. The number of nitrogens with zero attached hydrogens (tertiary/aromatic N) is 2. The number of benzene rings is 1. The van der Waals surface area contributed by atoms with Crippen LogP contribution >= 0.6 is 0 Å². The minimum absolute atomic E-state index is 0.461. The van der Waals surface area contributed by atoms with Gasteiger partial charge in [0.05, 0.1) is 17.9 Å². The molecule has 0 bridgehead atoms. The van der Waals surface area contributed by atoms with Crippen molar-refractivity contribution in [3.63, 3.8) is 0 Å². The normalized spacial score (nSPS) is 10.5. The number of aromatic amines is 1. The van der Waals surface area contributed by atoms with Crippen LogP contribution in [-0.2, 0) is 0 Å². The van der Waals surface area contributed by atoms with Gasteiger partial charge in [0, 0.05) is 18.0 Å². The highest BCUT2D eigenvalue weighted by Gasteiger charge is 2.17. The van der Waals surface area contributed by atoms with Crippen LogP contribution in [0.5, 0.6) is 5.75 Å². The van der Waals surface area contributed by atoms with Gasteiger partial charge in [-0.15, -0.1) is 0 Å². The van der Waals surface area contributed by atoms with Gasteiger partial charge in [0.2, 0.25) is 0 Å². The molecule has 0 fully saturated rings. The summed E-state index contributed by atoms with van der Waals surface area (Å²) >= 11 is 0. The van der Waals surface area contributed by atoms with Crippen LogP contribution in [0, 0.1) is 0 Å². The Morgan fingerprint density at radius 3 is 2.67 bits per heavy atom. The van der Waals surface area contributed by atoms with Crippen LogP contribution in [0.4, 0.5) is 5.82 Å². The van der Waals surface area contributed by atoms with Gasteiger partial charge in [-0.05, 0) is 36.8 Å². The van der Waals surface area contributed by atoms with Gasteiger partial charge in [0.15, 0.2) is 5.82 Å². The molecule has 0 aliphatic rings. The molecule has 21 heavy (non-hydrogen) atoms. The summed E-state index contributed by atoms with van der Waals surface area (Å²) in [6.07, 6.45) is 3.47. The molecule has 3 rings (SSSR count). The molecule has 0 aliphatic carbocycles. The molecule has 0 amide bonds. The molecule has 0 saturated carbocycles. The lowest BCUT2D eigenvalue weighted by atomic mass is 10.0. The van der Waals surface area contributed by atoms with Gasteiger partial charge in [0.1, 0.15) is 5.75 Å².